The highest BCUT2D eigenvalue weighted by atomic mass is 16.5. The third-order valence-corrected chi connectivity index (χ3v) is 3.12. The van der Waals surface area contributed by atoms with Crippen LogP contribution in [0.4, 0.5) is 5.69 Å². The van der Waals surface area contributed by atoms with Crippen molar-refractivity contribution in [1.82, 2.24) is 4.90 Å². The molecular formula is C15H24N2O3. The molecule has 1 amide bonds. The molecule has 0 spiro atoms. The van der Waals surface area contributed by atoms with Crippen molar-refractivity contribution >= 4 is 11.6 Å². The zero-order chi connectivity index (χ0) is 15.0. The van der Waals surface area contributed by atoms with Crippen LogP contribution >= 0.6 is 0 Å². The van der Waals surface area contributed by atoms with Crippen LogP contribution in [0.5, 0.6) is 5.75 Å². The molecule has 0 heterocycles. The van der Waals surface area contributed by atoms with Crippen molar-refractivity contribution in [2.75, 3.05) is 32.1 Å². The van der Waals surface area contributed by atoms with Crippen molar-refractivity contribution < 1.29 is 14.6 Å². The van der Waals surface area contributed by atoms with Crippen molar-refractivity contribution in [2.45, 2.75) is 26.3 Å². The Morgan fingerprint density at radius 2 is 2.05 bits per heavy atom. The topological polar surface area (TPSA) is 61.8 Å². The number of ether oxygens (including phenoxy) is 1. The fourth-order valence-electron chi connectivity index (χ4n) is 1.96. The van der Waals surface area contributed by atoms with Gasteiger partial charge in [0.1, 0.15) is 5.75 Å². The summed E-state index contributed by atoms with van der Waals surface area (Å²) in [7, 11) is 1.58. The molecule has 1 rings (SSSR count). The summed E-state index contributed by atoms with van der Waals surface area (Å²) in [6.07, 6.45) is 0.385. The summed E-state index contributed by atoms with van der Waals surface area (Å²) < 4.78 is 5.19. The summed E-state index contributed by atoms with van der Waals surface area (Å²) in [4.78, 5) is 14.0. The molecule has 1 aromatic rings. The SMILES string of the molecule is COc1ccccc1NC(=O)CCN(CCO)C(C)C. The molecule has 0 fully saturated rings. The molecule has 0 atom stereocenters. The molecule has 0 radical (unpaired) electrons. The Kier molecular flexibility index (Phi) is 7.04. The van der Waals surface area contributed by atoms with Crippen molar-refractivity contribution in [1.29, 1.82) is 0 Å². The van der Waals surface area contributed by atoms with Gasteiger partial charge in [-0.25, -0.2) is 0 Å². The number of methoxy groups -OCH3 is 1. The molecule has 112 valence electrons. The van der Waals surface area contributed by atoms with Gasteiger partial charge in [-0.15, -0.1) is 0 Å². The first-order valence-electron chi connectivity index (χ1n) is 6.86. The minimum atomic E-state index is -0.0573. The van der Waals surface area contributed by atoms with Gasteiger partial charge in [0, 0.05) is 25.6 Å². The number of para-hydroxylation sites is 2. The quantitative estimate of drug-likeness (QED) is 0.761. The maximum atomic E-state index is 12.0. The molecule has 2 N–H and O–H groups in total. The number of carbonyl (C=O) groups is 1. The molecular weight excluding hydrogens is 256 g/mol. The first-order valence-corrected chi connectivity index (χ1v) is 6.86. The lowest BCUT2D eigenvalue weighted by molar-refractivity contribution is -0.116. The molecule has 0 aliphatic carbocycles. The van der Waals surface area contributed by atoms with Crippen molar-refractivity contribution in [3.63, 3.8) is 0 Å². The van der Waals surface area contributed by atoms with Gasteiger partial charge >= 0.3 is 0 Å². The number of aliphatic hydroxyl groups excluding tert-OH is 1. The smallest absolute Gasteiger partial charge is 0.225 e. The monoisotopic (exact) mass is 280 g/mol. The zero-order valence-corrected chi connectivity index (χ0v) is 12.4. The molecule has 0 bridgehead atoms. The number of benzene rings is 1. The molecule has 5 nitrogen and oxygen atoms in total. The van der Waals surface area contributed by atoms with Crippen LogP contribution in [-0.4, -0.2) is 48.8 Å². The van der Waals surface area contributed by atoms with Crippen molar-refractivity contribution in [3.05, 3.63) is 24.3 Å². The van der Waals surface area contributed by atoms with Crippen LogP contribution in [0.3, 0.4) is 0 Å². The maximum absolute atomic E-state index is 12.0. The highest BCUT2D eigenvalue weighted by Gasteiger charge is 2.12. The average molecular weight is 280 g/mol. The van der Waals surface area contributed by atoms with Crippen LogP contribution in [0, 0.1) is 0 Å². The molecule has 0 saturated heterocycles. The third kappa shape index (κ3) is 5.19. The van der Waals surface area contributed by atoms with Crippen LogP contribution < -0.4 is 10.1 Å². The van der Waals surface area contributed by atoms with E-state index in [2.05, 4.69) is 10.2 Å². The number of carbonyl (C=O) groups excluding carboxylic acids is 1. The number of hydrogen-bond donors (Lipinski definition) is 2. The van der Waals surface area contributed by atoms with Crippen LogP contribution in [0.15, 0.2) is 24.3 Å². The van der Waals surface area contributed by atoms with Gasteiger partial charge in [-0.2, -0.15) is 0 Å². The summed E-state index contributed by atoms with van der Waals surface area (Å²) >= 11 is 0. The van der Waals surface area contributed by atoms with E-state index >= 15 is 0 Å². The van der Waals surface area contributed by atoms with Gasteiger partial charge in [0.2, 0.25) is 5.91 Å². The highest BCUT2D eigenvalue weighted by Crippen LogP contribution is 2.23. The second kappa shape index (κ2) is 8.55. The van der Waals surface area contributed by atoms with Gasteiger partial charge in [-0.1, -0.05) is 12.1 Å². The van der Waals surface area contributed by atoms with E-state index in [0.717, 1.165) is 0 Å². The fraction of sp³-hybridized carbons (Fsp3) is 0.533. The second-order valence-electron chi connectivity index (χ2n) is 4.85. The Hall–Kier alpha value is -1.59. The summed E-state index contributed by atoms with van der Waals surface area (Å²) in [5.41, 5.74) is 0.679. The zero-order valence-electron chi connectivity index (χ0n) is 12.4. The lowest BCUT2D eigenvalue weighted by Gasteiger charge is -2.25. The first kappa shape index (κ1) is 16.5. The van der Waals surface area contributed by atoms with Crippen LogP contribution in [0.1, 0.15) is 20.3 Å². The molecule has 0 aromatic heterocycles. The predicted molar refractivity (Wildman–Crippen MR) is 80.0 cm³/mol. The Bertz CT molecular complexity index is 421. The van der Waals surface area contributed by atoms with Crippen molar-refractivity contribution in [3.8, 4) is 5.75 Å². The van der Waals surface area contributed by atoms with Gasteiger partial charge in [0.25, 0.3) is 0 Å². The Balaban J connectivity index is 2.51. The molecule has 0 aliphatic heterocycles. The second-order valence-corrected chi connectivity index (χ2v) is 4.85. The van der Waals surface area contributed by atoms with E-state index < -0.39 is 0 Å². The van der Waals surface area contributed by atoms with Crippen LogP contribution in [0.2, 0.25) is 0 Å². The molecule has 1 aromatic carbocycles. The van der Waals surface area contributed by atoms with E-state index in [1.807, 2.05) is 38.1 Å². The minimum absolute atomic E-state index is 0.0573. The number of aliphatic hydroxyl groups is 1. The van der Waals surface area contributed by atoms with E-state index in [0.29, 0.717) is 37.0 Å². The van der Waals surface area contributed by atoms with Crippen LogP contribution in [0.25, 0.3) is 0 Å². The summed E-state index contributed by atoms with van der Waals surface area (Å²) in [5.74, 6) is 0.593. The minimum Gasteiger partial charge on any atom is -0.495 e. The van der Waals surface area contributed by atoms with Gasteiger partial charge in [-0.3, -0.25) is 9.69 Å². The Labute approximate surface area is 120 Å². The normalized spacial score (nSPS) is 10.9. The van der Waals surface area contributed by atoms with Crippen LogP contribution in [-0.2, 0) is 4.79 Å². The lowest BCUT2D eigenvalue weighted by atomic mass is 10.2. The fourth-order valence-corrected chi connectivity index (χ4v) is 1.96. The lowest BCUT2D eigenvalue weighted by Crippen LogP contribution is -2.35. The highest BCUT2D eigenvalue weighted by molar-refractivity contribution is 5.92. The molecule has 0 saturated carbocycles. The molecule has 0 unspecified atom stereocenters. The summed E-state index contributed by atoms with van der Waals surface area (Å²) in [5, 5.41) is 11.8. The Morgan fingerprint density at radius 1 is 1.35 bits per heavy atom. The first-order chi connectivity index (χ1) is 9.58. The number of rotatable bonds is 8. The van der Waals surface area contributed by atoms with Gasteiger partial charge in [0.15, 0.2) is 0 Å². The summed E-state index contributed by atoms with van der Waals surface area (Å²) in [6.45, 7) is 5.41. The Morgan fingerprint density at radius 3 is 2.65 bits per heavy atom. The van der Waals surface area contributed by atoms with Gasteiger partial charge in [0.05, 0.1) is 19.4 Å². The van der Waals surface area contributed by atoms with E-state index in [1.165, 1.54) is 0 Å². The largest absolute Gasteiger partial charge is 0.495 e. The van der Waals surface area contributed by atoms with E-state index in [9.17, 15) is 4.79 Å². The number of nitrogens with one attached hydrogen (secondary N) is 1. The van der Waals surface area contributed by atoms with Gasteiger partial charge < -0.3 is 15.2 Å². The van der Waals surface area contributed by atoms with Crippen molar-refractivity contribution in [2.24, 2.45) is 0 Å². The van der Waals surface area contributed by atoms with E-state index in [-0.39, 0.29) is 12.5 Å². The molecule has 5 heteroatoms. The standard InChI is InChI=1S/C15H24N2O3/c1-12(2)17(10-11-18)9-8-15(19)16-13-6-4-5-7-14(13)20-3/h4-7,12,18H,8-11H2,1-3H3,(H,16,19). The molecule has 0 aliphatic rings. The third-order valence-electron chi connectivity index (χ3n) is 3.12. The average Bonchev–Trinajstić information content (AvgIpc) is 2.43. The number of anilines is 1. The number of nitrogens with zero attached hydrogens (tertiary/aromatic N) is 1. The number of amides is 1. The predicted octanol–water partition coefficient (Wildman–Crippen LogP) is 1.73. The summed E-state index contributed by atoms with van der Waals surface area (Å²) in [6, 6.07) is 7.63. The maximum Gasteiger partial charge on any atom is 0.225 e. The molecule has 20 heavy (non-hydrogen) atoms. The van der Waals surface area contributed by atoms with E-state index in [4.69, 9.17) is 9.84 Å². The van der Waals surface area contributed by atoms with E-state index in [1.54, 1.807) is 7.11 Å². The number of hydrogen-bond acceptors (Lipinski definition) is 4. The van der Waals surface area contributed by atoms with Gasteiger partial charge in [-0.05, 0) is 26.0 Å².